The molecule has 8 nitrogen and oxygen atoms in total. The Kier molecular flexibility index (Phi) is 4.97. The van der Waals surface area contributed by atoms with Gasteiger partial charge in [0.05, 0.1) is 23.3 Å². The molecule has 32 heavy (non-hydrogen) atoms. The lowest BCUT2D eigenvalue weighted by molar-refractivity contribution is -0.384. The van der Waals surface area contributed by atoms with E-state index >= 15 is 0 Å². The molecule has 1 aliphatic heterocycles. The number of nitro benzene ring substituents is 1. The third-order valence-electron chi connectivity index (χ3n) is 6.96. The van der Waals surface area contributed by atoms with Crippen molar-refractivity contribution >= 4 is 35.0 Å². The summed E-state index contributed by atoms with van der Waals surface area (Å²) in [5.41, 5.74) is 0.336. The van der Waals surface area contributed by atoms with Crippen LogP contribution in [0.2, 0.25) is 5.02 Å². The fourth-order valence-corrected chi connectivity index (χ4v) is 5.75. The van der Waals surface area contributed by atoms with E-state index in [9.17, 15) is 24.5 Å². The first-order chi connectivity index (χ1) is 15.4. The zero-order valence-electron chi connectivity index (χ0n) is 17.0. The van der Waals surface area contributed by atoms with Crippen molar-refractivity contribution in [1.82, 2.24) is 10.0 Å². The van der Waals surface area contributed by atoms with Gasteiger partial charge in [0.2, 0.25) is 0 Å². The fourth-order valence-electron chi connectivity index (χ4n) is 5.55. The molecular weight excluding hydrogens is 434 g/mol. The van der Waals surface area contributed by atoms with Crippen LogP contribution in [0.5, 0.6) is 0 Å². The molecule has 4 atom stereocenters. The molecule has 2 aromatic rings. The van der Waals surface area contributed by atoms with Crippen LogP contribution in [-0.4, -0.2) is 32.7 Å². The topological polar surface area (TPSA) is 101 Å². The van der Waals surface area contributed by atoms with E-state index in [-0.39, 0.29) is 41.4 Å². The number of hydrazine groups is 1. The molecule has 0 radical (unpaired) electrons. The number of imide groups is 1. The number of halogens is 1. The van der Waals surface area contributed by atoms with E-state index in [1.54, 1.807) is 24.3 Å². The zero-order chi connectivity index (χ0) is 22.6. The SMILES string of the molecule is O=C(c1cccc([N+](=O)[O-])c1)N(Cc1ccccc1Cl)N1C(=O)[C@H]2[C@H]3CC[C@@H](C3)[C@@H]2C1=O. The van der Waals surface area contributed by atoms with Crippen LogP contribution in [0.4, 0.5) is 5.69 Å². The largest absolute Gasteiger partial charge is 0.273 e. The summed E-state index contributed by atoms with van der Waals surface area (Å²) < 4.78 is 0. The number of rotatable bonds is 5. The van der Waals surface area contributed by atoms with Gasteiger partial charge in [-0.3, -0.25) is 24.5 Å². The molecule has 2 aromatic carbocycles. The molecular formula is C23H20ClN3O5. The quantitative estimate of drug-likeness (QED) is 0.389. The molecule has 0 unspecified atom stereocenters. The molecule has 3 aliphatic rings. The van der Waals surface area contributed by atoms with Crippen LogP contribution in [0.3, 0.4) is 0 Å². The minimum Gasteiger partial charge on any atom is -0.272 e. The normalized spacial score (nSPS) is 25.8. The maximum absolute atomic E-state index is 13.5. The van der Waals surface area contributed by atoms with Crippen LogP contribution in [0.25, 0.3) is 0 Å². The summed E-state index contributed by atoms with van der Waals surface area (Å²) in [4.78, 5) is 50.9. The van der Waals surface area contributed by atoms with Crippen molar-refractivity contribution in [1.29, 1.82) is 0 Å². The molecule has 3 fully saturated rings. The number of nitro groups is 1. The van der Waals surface area contributed by atoms with Crippen LogP contribution in [0, 0.1) is 33.8 Å². The van der Waals surface area contributed by atoms with Gasteiger partial charge in [-0.25, -0.2) is 5.01 Å². The number of nitrogens with zero attached hydrogens (tertiary/aromatic N) is 3. The summed E-state index contributed by atoms with van der Waals surface area (Å²) in [5.74, 6) is -1.84. The fraction of sp³-hybridized carbons (Fsp3) is 0.348. The van der Waals surface area contributed by atoms with Crippen LogP contribution in [0.15, 0.2) is 48.5 Å². The van der Waals surface area contributed by atoms with Crippen molar-refractivity contribution in [3.63, 3.8) is 0 Å². The Balaban J connectivity index is 1.55. The second kappa shape index (κ2) is 7.70. The van der Waals surface area contributed by atoms with Gasteiger partial charge in [0.1, 0.15) is 0 Å². The molecule has 1 saturated heterocycles. The lowest BCUT2D eigenvalue weighted by Crippen LogP contribution is -2.50. The Morgan fingerprint density at radius 1 is 1.06 bits per heavy atom. The van der Waals surface area contributed by atoms with Crippen LogP contribution in [0.1, 0.15) is 35.2 Å². The summed E-state index contributed by atoms with van der Waals surface area (Å²) in [5, 5.41) is 13.7. The predicted molar refractivity (Wildman–Crippen MR) is 114 cm³/mol. The van der Waals surface area contributed by atoms with Crippen molar-refractivity contribution in [3.05, 3.63) is 74.8 Å². The molecule has 2 aliphatic carbocycles. The van der Waals surface area contributed by atoms with E-state index in [4.69, 9.17) is 11.6 Å². The maximum Gasteiger partial charge on any atom is 0.273 e. The monoisotopic (exact) mass is 453 g/mol. The van der Waals surface area contributed by atoms with Crippen molar-refractivity contribution in [2.75, 3.05) is 0 Å². The van der Waals surface area contributed by atoms with E-state index < -0.39 is 22.7 Å². The van der Waals surface area contributed by atoms with E-state index in [0.29, 0.717) is 10.6 Å². The predicted octanol–water partition coefficient (Wildman–Crippen LogP) is 3.84. The highest BCUT2D eigenvalue weighted by atomic mass is 35.5. The van der Waals surface area contributed by atoms with Gasteiger partial charge in [0.25, 0.3) is 23.4 Å². The number of amides is 3. The Morgan fingerprint density at radius 2 is 1.72 bits per heavy atom. The van der Waals surface area contributed by atoms with Crippen LogP contribution in [-0.2, 0) is 16.1 Å². The molecule has 0 spiro atoms. The molecule has 1 heterocycles. The van der Waals surface area contributed by atoms with E-state index in [1.165, 1.54) is 18.2 Å². The molecule has 164 valence electrons. The molecule has 2 saturated carbocycles. The summed E-state index contributed by atoms with van der Waals surface area (Å²) in [6.45, 7) is -0.104. The molecule has 2 bridgehead atoms. The number of carbonyl (C=O) groups excluding carboxylic acids is 3. The van der Waals surface area contributed by atoms with Gasteiger partial charge >= 0.3 is 0 Å². The van der Waals surface area contributed by atoms with E-state index in [1.807, 2.05) is 0 Å². The second-order valence-electron chi connectivity index (χ2n) is 8.63. The van der Waals surface area contributed by atoms with Crippen molar-refractivity contribution in [2.45, 2.75) is 25.8 Å². The summed E-state index contributed by atoms with van der Waals surface area (Å²) in [7, 11) is 0. The van der Waals surface area contributed by atoms with Crippen molar-refractivity contribution < 1.29 is 19.3 Å². The minimum absolute atomic E-state index is 0.0203. The molecule has 9 heteroatoms. The van der Waals surface area contributed by atoms with Crippen molar-refractivity contribution in [3.8, 4) is 0 Å². The molecule has 3 amide bonds. The first-order valence-electron chi connectivity index (χ1n) is 10.5. The third kappa shape index (κ3) is 3.17. The Labute approximate surface area is 188 Å². The summed E-state index contributed by atoms with van der Waals surface area (Å²) >= 11 is 6.30. The average Bonchev–Trinajstić information content (AvgIpc) is 3.47. The Bertz CT molecular complexity index is 1120. The first-order valence-corrected chi connectivity index (χ1v) is 10.9. The summed E-state index contributed by atoms with van der Waals surface area (Å²) in [6, 6.07) is 12.1. The number of carbonyl (C=O) groups is 3. The lowest BCUT2D eigenvalue weighted by Gasteiger charge is -2.31. The number of fused-ring (bicyclic) bond motifs is 5. The minimum atomic E-state index is -0.664. The van der Waals surface area contributed by atoms with Gasteiger partial charge in [0, 0.05) is 22.7 Å². The first kappa shape index (κ1) is 20.6. The molecule has 0 N–H and O–H groups in total. The van der Waals surface area contributed by atoms with Gasteiger partial charge in [0.15, 0.2) is 0 Å². The summed E-state index contributed by atoms with van der Waals surface area (Å²) in [6.07, 6.45) is 2.72. The highest BCUT2D eigenvalue weighted by Gasteiger charge is 2.62. The van der Waals surface area contributed by atoms with Gasteiger partial charge in [-0.15, -0.1) is 0 Å². The van der Waals surface area contributed by atoms with Crippen LogP contribution >= 0.6 is 11.6 Å². The number of hydrogen-bond acceptors (Lipinski definition) is 5. The van der Waals surface area contributed by atoms with Gasteiger partial charge in [-0.05, 0) is 48.8 Å². The smallest absolute Gasteiger partial charge is 0.272 e. The van der Waals surface area contributed by atoms with Gasteiger partial charge < -0.3 is 0 Å². The zero-order valence-corrected chi connectivity index (χ0v) is 17.8. The standard InChI is InChI=1S/C23H20ClN3O5/c24-18-7-2-1-4-16(18)12-25(21(28)15-5-3-6-17(11-15)27(31)32)26-22(29)19-13-8-9-14(10-13)20(19)23(26)30/h1-7,11,13-14,19-20H,8-10,12H2/t13-,14-,19-,20-/m0/s1. The number of hydrogen-bond donors (Lipinski definition) is 0. The average molecular weight is 454 g/mol. The third-order valence-corrected chi connectivity index (χ3v) is 7.33. The van der Waals surface area contributed by atoms with E-state index in [2.05, 4.69) is 0 Å². The van der Waals surface area contributed by atoms with Gasteiger partial charge in [-0.2, -0.15) is 5.01 Å². The van der Waals surface area contributed by atoms with Gasteiger partial charge in [-0.1, -0.05) is 35.9 Å². The highest BCUT2D eigenvalue weighted by molar-refractivity contribution is 6.31. The Hall–Kier alpha value is -3.26. The number of benzene rings is 2. The lowest BCUT2D eigenvalue weighted by atomic mass is 9.81. The second-order valence-corrected chi connectivity index (χ2v) is 9.04. The number of non-ortho nitro benzene ring substituents is 1. The highest BCUT2D eigenvalue weighted by Crippen LogP contribution is 2.56. The van der Waals surface area contributed by atoms with E-state index in [0.717, 1.165) is 35.3 Å². The molecule has 0 aromatic heterocycles. The van der Waals surface area contributed by atoms with Crippen LogP contribution < -0.4 is 0 Å². The Morgan fingerprint density at radius 3 is 2.34 bits per heavy atom. The molecule has 5 rings (SSSR count). The van der Waals surface area contributed by atoms with Crippen molar-refractivity contribution in [2.24, 2.45) is 23.7 Å². The maximum atomic E-state index is 13.5.